The number of carbonyl (C=O) groups excluding carboxylic acids is 1. The Morgan fingerprint density at radius 1 is 1.55 bits per heavy atom. The largest absolute Gasteiger partial charge is 0.497 e. The van der Waals surface area contributed by atoms with Crippen molar-refractivity contribution in [3.63, 3.8) is 0 Å². The van der Waals surface area contributed by atoms with Crippen LogP contribution in [0.2, 0.25) is 5.02 Å². The Morgan fingerprint density at radius 3 is 3.05 bits per heavy atom. The first-order chi connectivity index (χ1) is 10.6. The summed E-state index contributed by atoms with van der Waals surface area (Å²) in [6, 6.07) is 5.48. The number of ether oxygens (including phenoxy) is 1. The second-order valence-corrected chi connectivity index (χ2v) is 5.98. The number of benzene rings is 1. The molecule has 1 saturated heterocycles. The molecule has 6 heteroatoms. The van der Waals surface area contributed by atoms with E-state index in [0.717, 1.165) is 30.7 Å². The first-order valence-corrected chi connectivity index (χ1v) is 7.98. The summed E-state index contributed by atoms with van der Waals surface area (Å²) in [6.45, 7) is 2.06. The van der Waals surface area contributed by atoms with Gasteiger partial charge in [0.15, 0.2) is 0 Å². The molecule has 0 unspecified atom stereocenters. The average Bonchev–Trinajstić information content (AvgIpc) is 2.56. The molecule has 0 spiro atoms. The number of amides is 2. The molecular weight excluding hydrogens is 304 g/mol. The van der Waals surface area contributed by atoms with E-state index in [4.69, 9.17) is 16.3 Å². The number of hydrogen-bond donors (Lipinski definition) is 2. The van der Waals surface area contributed by atoms with Crippen LogP contribution in [0.4, 0.5) is 4.79 Å². The molecule has 5 nitrogen and oxygen atoms in total. The molecule has 2 amide bonds. The fourth-order valence-electron chi connectivity index (χ4n) is 2.67. The van der Waals surface area contributed by atoms with Gasteiger partial charge in [0.2, 0.25) is 0 Å². The van der Waals surface area contributed by atoms with E-state index in [2.05, 4.69) is 5.32 Å². The van der Waals surface area contributed by atoms with Crippen molar-refractivity contribution in [3.8, 4) is 5.75 Å². The van der Waals surface area contributed by atoms with Gasteiger partial charge >= 0.3 is 6.03 Å². The molecule has 1 aromatic carbocycles. The van der Waals surface area contributed by atoms with Gasteiger partial charge in [0.25, 0.3) is 0 Å². The minimum Gasteiger partial charge on any atom is -0.497 e. The molecule has 122 valence electrons. The van der Waals surface area contributed by atoms with Crippen LogP contribution in [0.15, 0.2) is 18.2 Å². The predicted molar refractivity (Wildman–Crippen MR) is 86.5 cm³/mol. The van der Waals surface area contributed by atoms with Gasteiger partial charge in [-0.15, -0.1) is 0 Å². The van der Waals surface area contributed by atoms with Crippen LogP contribution in [0, 0.1) is 5.92 Å². The first kappa shape index (κ1) is 16.9. The average molecular weight is 327 g/mol. The fourth-order valence-corrected chi connectivity index (χ4v) is 2.94. The zero-order valence-corrected chi connectivity index (χ0v) is 13.6. The molecule has 1 aliphatic rings. The molecule has 0 aromatic heterocycles. The quantitative estimate of drug-likeness (QED) is 0.873. The Kier molecular flexibility index (Phi) is 6.34. The Bertz CT molecular complexity index is 510. The van der Waals surface area contributed by atoms with E-state index in [1.807, 2.05) is 12.1 Å². The van der Waals surface area contributed by atoms with Crippen molar-refractivity contribution in [2.24, 2.45) is 5.92 Å². The SMILES string of the molecule is COc1ccc(CCNC(=O)N2CCC[C@H](CO)C2)c(Cl)c1. The van der Waals surface area contributed by atoms with Gasteiger partial charge in [0.05, 0.1) is 7.11 Å². The molecule has 0 bridgehead atoms. The maximum absolute atomic E-state index is 12.1. The second kappa shape index (κ2) is 8.25. The third-order valence-electron chi connectivity index (χ3n) is 4.00. The van der Waals surface area contributed by atoms with Gasteiger partial charge < -0.3 is 20.1 Å². The van der Waals surface area contributed by atoms with Crippen molar-refractivity contribution in [1.82, 2.24) is 10.2 Å². The monoisotopic (exact) mass is 326 g/mol. The number of nitrogens with zero attached hydrogens (tertiary/aromatic N) is 1. The van der Waals surface area contributed by atoms with Crippen molar-refractivity contribution >= 4 is 17.6 Å². The summed E-state index contributed by atoms with van der Waals surface area (Å²) < 4.78 is 5.11. The van der Waals surface area contributed by atoms with Gasteiger partial charge in [0.1, 0.15) is 5.75 Å². The lowest BCUT2D eigenvalue weighted by atomic mass is 9.99. The molecular formula is C16H23ClN2O3. The van der Waals surface area contributed by atoms with Crippen LogP contribution >= 0.6 is 11.6 Å². The van der Waals surface area contributed by atoms with E-state index in [9.17, 15) is 9.90 Å². The van der Waals surface area contributed by atoms with Crippen LogP contribution < -0.4 is 10.1 Å². The lowest BCUT2D eigenvalue weighted by molar-refractivity contribution is 0.129. The topological polar surface area (TPSA) is 61.8 Å². The highest BCUT2D eigenvalue weighted by Gasteiger charge is 2.22. The number of methoxy groups -OCH3 is 1. The zero-order valence-electron chi connectivity index (χ0n) is 12.8. The van der Waals surface area contributed by atoms with E-state index in [1.165, 1.54) is 0 Å². The Balaban J connectivity index is 1.79. The minimum absolute atomic E-state index is 0.0669. The van der Waals surface area contributed by atoms with E-state index in [-0.39, 0.29) is 18.6 Å². The van der Waals surface area contributed by atoms with Crippen LogP contribution in [-0.4, -0.2) is 49.4 Å². The van der Waals surface area contributed by atoms with Gasteiger partial charge in [-0.25, -0.2) is 4.79 Å². The highest BCUT2D eigenvalue weighted by Crippen LogP contribution is 2.22. The van der Waals surface area contributed by atoms with Gasteiger partial charge in [-0.2, -0.15) is 0 Å². The maximum Gasteiger partial charge on any atom is 0.317 e. The molecule has 2 rings (SSSR count). The molecule has 1 atom stereocenters. The van der Waals surface area contributed by atoms with Crippen molar-refractivity contribution in [2.75, 3.05) is 33.4 Å². The number of hydrogen-bond acceptors (Lipinski definition) is 3. The third kappa shape index (κ3) is 4.52. The summed E-state index contributed by atoms with van der Waals surface area (Å²) in [5, 5.41) is 12.8. The molecule has 1 heterocycles. The van der Waals surface area contributed by atoms with Crippen LogP contribution in [0.5, 0.6) is 5.75 Å². The number of rotatable bonds is 5. The van der Waals surface area contributed by atoms with Gasteiger partial charge in [-0.1, -0.05) is 17.7 Å². The summed E-state index contributed by atoms with van der Waals surface area (Å²) in [4.78, 5) is 13.9. The molecule has 0 saturated carbocycles. The fraction of sp³-hybridized carbons (Fsp3) is 0.562. The number of carbonyl (C=O) groups is 1. The molecule has 2 N–H and O–H groups in total. The summed E-state index contributed by atoms with van der Waals surface area (Å²) in [5.41, 5.74) is 0.981. The van der Waals surface area contributed by atoms with Crippen LogP contribution in [0.3, 0.4) is 0 Å². The van der Waals surface area contributed by atoms with E-state index in [1.54, 1.807) is 18.1 Å². The van der Waals surface area contributed by atoms with Crippen LogP contribution in [0.25, 0.3) is 0 Å². The van der Waals surface area contributed by atoms with Gasteiger partial charge in [0, 0.05) is 31.3 Å². The molecule has 1 fully saturated rings. The smallest absolute Gasteiger partial charge is 0.317 e. The Labute approximate surface area is 136 Å². The van der Waals surface area contributed by atoms with Gasteiger partial charge in [-0.3, -0.25) is 0 Å². The normalized spacial score (nSPS) is 18.1. The zero-order chi connectivity index (χ0) is 15.9. The lowest BCUT2D eigenvalue weighted by Gasteiger charge is -2.31. The summed E-state index contributed by atoms with van der Waals surface area (Å²) >= 11 is 6.18. The summed E-state index contributed by atoms with van der Waals surface area (Å²) in [5.74, 6) is 0.927. The number of aliphatic hydroxyl groups excluding tert-OH is 1. The number of halogens is 1. The molecule has 0 radical (unpaired) electrons. The van der Waals surface area contributed by atoms with E-state index >= 15 is 0 Å². The van der Waals surface area contributed by atoms with Crippen molar-refractivity contribution in [2.45, 2.75) is 19.3 Å². The molecule has 0 aliphatic carbocycles. The van der Waals surface area contributed by atoms with E-state index in [0.29, 0.717) is 24.5 Å². The highest BCUT2D eigenvalue weighted by molar-refractivity contribution is 6.31. The maximum atomic E-state index is 12.1. The highest BCUT2D eigenvalue weighted by atomic mass is 35.5. The molecule has 1 aromatic rings. The lowest BCUT2D eigenvalue weighted by Crippen LogP contribution is -2.46. The number of urea groups is 1. The number of aliphatic hydroxyl groups is 1. The molecule has 1 aliphatic heterocycles. The van der Waals surface area contributed by atoms with Gasteiger partial charge in [-0.05, 0) is 42.9 Å². The standard InChI is InChI=1S/C16H23ClN2O3/c1-22-14-5-4-13(15(17)9-14)6-7-18-16(21)19-8-2-3-12(10-19)11-20/h4-5,9,12,20H,2-3,6-8,10-11H2,1H3,(H,18,21)/t12-/m0/s1. The predicted octanol–water partition coefficient (Wildman–Crippen LogP) is 2.31. The van der Waals surface area contributed by atoms with Crippen LogP contribution in [-0.2, 0) is 6.42 Å². The first-order valence-electron chi connectivity index (χ1n) is 7.60. The second-order valence-electron chi connectivity index (χ2n) is 5.58. The number of piperidine rings is 1. The number of likely N-dealkylation sites (tertiary alicyclic amines) is 1. The summed E-state index contributed by atoms with van der Waals surface area (Å²) in [7, 11) is 1.60. The Morgan fingerprint density at radius 2 is 2.36 bits per heavy atom. The molecule has 22 heavy (non-hydrogen) atoms. The van der Waals surface area contributed by atoms with Crippen molar-refractivity contribution < 1.29 is 14.6 Å². The third-order valence-corrected chi connectivity index (χ3v) is 4.35. The Hall–Kier alpha value is -1.46. The van der Waals surface area contributed by atoms with Crippen molar-refractivity contribution in [3.05, 3.63) is 28.8 Å². The van der Waals surface area contributed by atoms with Crippen molar-refractivity contribution in [1.29, 1.82) is 0 Å². The minimum atomic E-state index is -0.0669. The van der Waals surface area contributed by atoms with Crippen LogP contribution in [0.1, 0.15) is 18.4 Å². The van der Waals surface area contributed by atoms with E-state index < -0.39 is 0 Å². The number of nitrogens with one attached hydrogen (secondary N) is 1. The summed E-state index contributed by atoms with van der Waals surface area (Å²) in [6.07, 6.45) is 2.61.